The summed E-state index contributed by atoms with van der Waals surface area (Å²) in [6.07, 6.45) is 5.53. The van der Waals surface area contributed by atoms with Gasteiger partial charge in [-0.1, -0.05) is 12.8 Å². The van der Waals surface area contributed by atoms with Crippen molar-refractivity contribution >= 4 is 0 Å². The molecule has 2 heterocycles. The molecular formula is C14H19N3O3. The number of aromatic nitrogens is 2. The molecule has 2 aromatic rings. The van der Waals surface area contributed by atoms with Gasteiger partial charge in [0.1, 0.15) is 0 Å². The Labute approximate surface area is 117 Å². The Morgan fingerprint density at radius 1 is 1.35 bits per heavy atom. The number of hydrogen-bond acceptors (Lipinski definition) is 6. The third kappa shape index (κ3) is 2.91. The molecule has 1 N–H and O–H groups in total. The van der Waals surface area contributed by atoms with Gasteiger partial charge in [0, 0.05) is 6.54 Å². The van der Waals surface area contributed by atoms with Crippen LogP contribution in [-0.2, 0) is 6.54 Å². The molecule has 20 heavy (non-hydrogen) atoms. The topological polar surface area (TPSA) is 75.5 Å². The summed E-state index contributed by atoms with van der Waals surface area (Å²) < 4.78 is 10.8. The molecule has 0 aromatic carbocycles. The van der Waals surface area contributed by atoms with Gasteiger partial charge in [0.25, 0.3) is 5.89 Å². The van der Waals surface area contributed by atoms with E-state index in [2.05, 4.69) is 10.2 Å². The van der Waals surface area contributed by atoms with Crippen LogP contribution < -0.4 is 0 Å². The lowest BCUT2D eigenvalue weighted by atomic mass is 10.0. The first-order chi connectivity index (χ1) is 9.65. The Kier molecular flexibility index (Phi) is 3.58. The fraction of sp³-hybridized carbons (Fsp3) is 0.571. The summed E-state index contributed by atoms with van der Waals surface area (Å²) in [7, 11) is 1.95. The second-order valence-corrected chi connectivity index (χ2v) is 5.58. The molecule has 108 valence electrons. The molecule has 0 spiro atoms. The normalized spacial score (nSPS) is 17.9. The lowest BCUT2D eigenvalue weighted by Gasteiger charge is -2.27. The smallest absolute Gasteiger partial charge is 0.283 e. The van der Waals surface area contributed by atoms with E-state index in [9.17, 15) is 5.11 Å². The van der Waals surface area contributed by atoms with Crippen molar-refractivity contribution in [2.75, 3.05) is 13.6 Å². The minimum absolute atomic E-state index is 0.387. The van der Waals surface area contributed by atoms with E-state index in [0.717, 1.165) is 25.7 Å². The van der Waals surface area contributed by atoms with Crippen LogP contribution in [0, 0.1) is 0 Å². The second kappa shape index (κ2) is 5.38. The van der Waals surface area contributed by atoms with Gasteiger partial charge >= 0.3 is 0 Å². The maximum absolute atomic E-state index is 10.4. The number of likely N-dealkylation sites (N-methyl/N-ethyl adjacent to an activating group) is 1. The quantitative estimate of drug-likeness (QED) is 0.901. The van der Waals surface area contributed by atoms with Crippen LogP contribution in [-0.4, -0.2) is 39.4 Å². The SMILES string of the molecule is CN(Cc1nnc(-c2ccco2)o1)CC1(O)CCCC1. The molecule has 1 aliphatic carbocycles. The Hall–Kier alpha value is -1.66. The van der Waals surface area contributed by atoms with Crippen molar-refractivity contribution in [1.82, 2.24) is 15.1 Å². The van der Waals surface area contributed by atoms with E-state index in [-0.39, 0.29) is 0 Å². The molecule has 0 unspecified atom stereocenters. The number of rotatable bonds is 5. The molecular weight excluding hydrogens is 258 g/mol. The standard InChI is InChI=1S/C14H19N3O3/c1-17(10-14(18)6-2-3-7-14)9-12-15-16-13(20-12)11-5-4-8-19-11/h4-5,8,18H,2-3,6-7,9-10H2,1H3. The van der Waals surface area contributed by atoms with E-state index in [0.29, 0.717) is 30.6 Å². The fourth-order valence-corrected chi connectivity index (χ4v) is 2.80. The monoisotopic (exact) mass is 277 g/mol. The van der Waals surface area contributed by atoms with E-state index < -0.39 is 5.60 Å². The highest BCUT2D eigenvalue weighted by molar-refractivity contribution is 5.42. The zero-order valence-electron chi connectivity index (χ0n) is 11.6. The van der Waals surface area contributed by atoms with E-state index in [1.165, 1.54) is 0 Å². The molecule has 1 saturated carbocycles. The second-order valence-electron chi connectivity index (χ2n) is 5.58. The van der Waals surface area contributed by atoms with Gasteiger partial charge < -0.3 is 13.9 Å². The van der Waals surface area contributed by atoms with Gasteiger partial charge in [0.2, 0.25) is 5.89 Å². The van der Waals surface area contributed by atoms with Gasteiger partial charge in [0.15, 0.2) is 5.76 Å². The average Bonchev–Trinajstić information content (AvgIpc) is 3.08. The largest absolute Gasteiger partial charge is 0.459 e. The van der Waals surface area contributed by atoms with Crippen molar-refractivity contribution in [2.24, 2.45) is 0 Å². The number of hydrogen-bond donors (Lipinski definition) is 1. The highest BCUT2D eigenvalue weighted by atomic mass is 16.4. The summed E-state index contributed by atoms with van der Waals surface area (Å²) >= 11 is 0. The Balaban J connectivity index is 1.60. The molecule has 0 saturated heterocycles. The highest BCUT2D eigenvalue weighted by Gasteiger charge is 2.32. The van der Waals surface area contributed by atoms with Gasteiger partial charge in [-0.05, 0) is 32.0 Å². The van der Waals surface area contributed by atoms with Crippen LogP contribution in [0.5, 0.6) is 0 Å². The van der Waals surface area contributed by atoms with Crippen molar-refractivity contribution in [3.63, 3.8) is 0 Å². The zero-order chi connectivity index (χ0) is 14.0. The van der Waals surface area contributed by atoms with Crippen LogP contribution in [0.3, 0.4) is 0 Å². The third-order valence-corrected chi connectivity index (χ3v) is 3.70. The van der Waals surface area contributed by atoms with Crippen LogP contribution in [0.2, 0.25) is 0 Å². The minimum atomic E-state index is -0.557. The van der Waals surface area contributed by atoms with Crippen molar-refractivity contribution in [1.29, 1.82) is 0 Å². The van der Waals surface area contributed by atoms with Gasteiger partial charge in [-0.3, -0.25) is 4.90 Å². The zero-order valence-corrected chi connectivity index (χ0v) is 11.6. The maximum Gasteiger partial charge on any atom is 0.283 e. The fourth-order valence-electron chi connectivity index (χ4n) is 2.80. The van der Waals surface area contributed by atoms with Crippen molar-refractivity contribution < 1.29 is 13.9 Å². The maximum atomic E-state index is 10.4. The molecule has 2 aromatic heterocycles. The van der Waals surface area contributed by atoms with Crippen LogP contribution >= 0.6 is 0 Å². The van der Waals surface area contributed by atoms with Gasteiger partial charge in [0.05, 0.1) is 18.4 Å². The lowest BCUT2D eigenvalue weighted by Crippen LogP contribution is -2.38. The molecule has 1 aliphatic rings. The summed E-state index contributed by atoms with van der Waals surface area (Å²) in [6.45, 7) is 1.15. The van der Waals surface area contributed by atoms with E-state index in [1.807, 2.05) is 11.9 Å². The molecule has 3 rings (SSSR count). The first kappa shape index (κ1) is 13.3. The van der Waals surface area contributed by atoms with Crippen LogP contribution in [0.1, 0.15) is 31.6 Å². The van der Waals surface area contributed by atoms with Crippen LogP contribution in [0.25, 0.3) is 11.7 Å². The highest BCUT2D eigenvalue weighted by Crippen LogP contribution is 2.30. The van der Waals surface area contributed by atoms with E-state index >= 15 is 0 Å². The molecule has 6 heteroatoms. The third-order valence-electron chi connectivity index (χ3n) is 3.70. The van der Waals surface area contributed by atoms with Crippen LogP contribution in [0.15, 0.2) is 27.2 Å². The summed E-state index contributed by atoms with van der Waals surface area (Å²) in [5.74, 6) is 1.49. The van der Waals surface area contributed by atoms with E-state index in [4.69, 9.17) is 8.83 Å². The lowest BCUT2D eigenvalue weighted by molar-refractivity contribution is 0.0128. The predicted octanol–water partition coefficient (Wildman–Crippen LogP) is 2.07. The Morgan fingerprint density at radius 3 is 2.85 bits per heavy atom. The van der Waals surface area contributed by atoms with Gasteiger partial charge in [-0.2, -0.15) is 0 Å². The summed E-state index contributed by atoms with van der Waals surface area (Å²) in [5.41, 5.74) is -0.557. The predicted molar refractivity (Wildman–Crippen MR) is 71.8 cm³/mol. The number of nitrogens with zero attached hydrogens (tertiary/aromatic N) is 3. The minimum Gasteiger partial charge on any atom is -0.459 e. The van der Waals surface area contributed by atoms with Crippen molar-refractivity contribution in [2.45, 2.75) is 37.8 Å². The van der Waals surface area contributed by atoms with Crippen molar-refractivity contribution in [3.05, 3.63) is 24.3 Å². The van der Waals surface area contributed by atoms with Crippen molar-refractivity contribution in [3.8, 4) is 11.7 Å². The molecule has 0 aliphatic heterocycles. The molecule has 1 fully saturated rings. The Bertz CT molecular complexity index is 544. The summed E-state index contributed by atoms with van der Waals surface area (Å²) in [6, 6.07) is 3.56. The Morgan fingerprint density at radius 2 is 2.15 bits per heavy atom. The average molecular weight is 277 g/mol. The molecule has 0 bridgehead atoms. The van der Waals surface area contributed by atoms with Gasteiger partial charge in [-0.15, -0.1) is 10.2 Å². The summed E-state index contributed by atoms with van der Waals surface area (Å²) in [4.78, 5) is 2.02. The summed E-state index contributed by atoms with van der Waals surface area (Å²) in [5, 5.41) is 18.3. The molecule has 6 nitrogen and oxygen atoms in total. The van der Waals surface area contributed by atoms with E-state index in [1.54, 1.807) is 18.4 Å². The molecule has 0 radical (unpaired) electrons. The molecule has 0 atom stereocenters. The number of aliphatic hydroxyl groups is 1. The molecule has 0 amide bonds. The first-order valence-electron chi connectivity index (χ1n) is 6.92. The van der Waals surface area contributed by atoms with Gasteiger partial charge in [-0.25, -0.2) is 0 Å². The van der Waals surface area contributed by atoms with Crippen LogP contribution in [0.4, 0.5) is 0 Å². The first-order valence-corrected chi connectivity index (χ1v) is 6.92. The number of furan rings is 1.